The summed E-state index contributed by atoms with van der Waals surface area (Å²) < 4.78 is 11.1. The number of pyridine rings is 1. The van der Waals surface area contributed by atoms with Gasteiger partial charge in [-0.1, -0.05) is 32.4 Å². The van der Waals surface area contributed by atoms with Crippen LogP contribution in [0.2, 0.25) is 0 Å². The molecule has 2 fully saturated rings. The van der Waals surface area contributed by atoms with Crippen LogP contribution in [0.15, 0.2) is 54.2 Å². The van der Waals surface area contributed by atoms with Gasteiger partial charge in [0.2, 0.25) is 6.79 Å². The summed E-state index contributed by atoms with van der Waals surface area (Å²) in [7, 11) is 0. The average molecular weight is 384 g/mol. The van der Waals surface area contributed by atoms with Gasteiger partial charge >= 0.3 is 0 Å². The highest BCUT2D eigenvalue weighted by atomic mass is 16.7. The van der Waals surface area contributed by atoms with E-state index in [1.807, 2.05) is 12.3 Å². The van der Waals surface area contributed by atoms with Crippen LogP contribution >= 0.6 is 0 Å². The van der Waals surface area contributed by atoms with Crippen molar-refractivity contribution in [3.05, 3.63) is 59.7 Å². The van der Waals surface area contributed by atoms with Crippen LogP contribution in [0.25, 0.3) is 0 Å². The smallest absolute Gasteiger partial charge is 0.231 e. The van der Waals surface area contributed by atoms with Gasteiger partial charge in [-0.3, -0.25) is 0 Å². The zero-order valence-corrected chi connectivity index (χ0v) is 17.2. The van der Waals surface area contributed by atoms with Crippen LogP contribution < -0.4 is 10.2 Å². The Bertz CT molecular complexity index is 718. The molecule has 0 radical (unpaired) electrons. The van der Waals surface area contributed by atoms with E-state index >= 15 is 0 Å². The minimum Gasteiger partial charge on any atom is -0.454 e. The summed E-state index contributed by atoms with van der Waals surface area (Å²) in [6.07, 6.45) is 10.7. The minimum absolute atomic E-state index is 0.273. The summed E-state index contributed by atoms with van der Waals surface area (Å²) in [5, 5.41) is 3.50. The predicted molar refractivity (Wildman–Crippen MR) is 114 cm³/mol. The van der Waals surface area contributed by atoms with Crippen LogP contribution in [0.1, 0.15) is 45.1 Å². The first-order valence-electron chi connectivity index (χ1n) is 10.4. The fourth-order valence-corrected chi connectivity index (χ4v) is 3.93. The molecule has 2 saturated heterocycles. The van der Waals surface area contributed by atoms with E-state index in [0.29, 0.717) is 0 Å². The molecule has 0 unspecified atom stereocenters. The molecule has 1 aromatic heterocycles. The monoisotopic (exact) mass is 383 g/mol. The van der Waals surface area contributed by atoms with E-state index in [1.54, 1.807) is 6.08 Å². The van der Waals surface area contributed by atoms with E-state index in [-0.39, 0.29) is 6.79 Å². The largest absolute Gasteiger partial charge is 0.454 e. The van der Waals surface area contributed by atoms with Crippen molar-refractivity contribution < 1.29 is 9.47 Å². The number of rotatable bonds is 8. The molecule has 1 N–H and O–H groups in total. The maximum absolute atomic E-state index is 5.59. The lowest BCUT2D eigenvalue weighted by molar-refractivity contribution is 0.0969. The number of nitrogens with zero attached hydrogens (tertiary/aromatic N) is 2. The molecular weight excluding hydrogens is 350 g/mol. The van der Waals surface area contributed by atoms with Crippen molar-refractivity contribution in [3.63, 3.8) is 0 Å². The zero-order valence-electron chi connectivity index (χ0n) is 17.2. The van der Waals surface area contributed by atoms with Gasteiger partial charge in [-0.2, -0.15) is 0 Å². The number of anilines is 1. The minimum atomic E-state index is 0.273. The quantitative estimate of drug-likeness (QED) is 0.714. The standard InChI is InChI=1S/C23H33N3O2/c1-4-6-19-9-12-26(13-10-19)22-14-20(8-11-25-22)16-24-15-18(3)23-21(7-5-2)27-17-28-23/h5,7-8,11,14,19,24H,2,4,6,9-10,12-13,15-17H2,1,3H3/b21-7+,23-18-. The maximum Gasteiger partial charge on any atom is 0.231 e. The van der Waals surface area contributed by atoms with Gasteiger partial charge in [-0.15, -0.1) is 0 Å². The Morgan fingerprint density at radius 3 is 2.93 bits per heavy atom. The normalized spacial score (nSPS) is 20.8. The summed E-state index contributed by atoms with van der Waals surface area (Å²) in [4.78, 5) is 7.04. The average Bonchev–Trinajstić information content (AvgIpc) is 3.18. The topological polar surface area (TPSA) is 46.6 Å². The highest BCUT2D eigenvalue weighted by molar-refractivity contribution is 5.41. The molecule has 5 nitrogen and oxygen atoms in total. The van der Waals surface area contributed by atoms with Gasteiger partial charge in [0.1, 0.15) is 5.82 Å². The fourth-order valence-electron chi connectivity index (χ4n) is 3.93. The molecular formula is C23H33N3O2. The summed E-state index contributed by atoms with van der Waals surface area (Å²) in [6.45, 7) is 12.1. The van der Waals surface area contributed by atoms with Gasteiger partial charge in [0.15, 0.2) is 11.5 Å². The van der Waals surface area contributed by atoms with E-state index < -0.39 is 0 Å². The van der Waals surface area contributed by atoms with Crippen molar-refractivity contribution in [1.29, 1.82) is 0 Å². The lowest BCUT2D eigenvalue weighted by Crippen LogP contribution is -2.34. The molecule has 5 heteroatoms. The molecule has 0 saturated carbocycles. The Kier molecular flexibility index (Phi) is 7.54. The van der Waals surface area contributed by atoms with Gasteiger partial charge < -0.3 is 19.7 Å². The van der Waals surface area contributed by atoms with Crippen LogP contribution in [-0.4, -0.2) is 31.4 Å². The third-order valence-electron chi connectivity index (χ3n) is 5.46. The van der Waals surface area contributed by atoms with Crippen molar-refractivity contribution in [2.24, 2.45) is 5.92 Å². The molecule has 0 aliphatic carbocycles. The van der Waals surface area contributed by atoms with E-state index in [1.165, 1.54) is 31.2 Å². The lowest BCUT2D eigenvalue weighted by Gasteiger charge is -2.32. The Morgan fingerprint density at radius 1 is 1.36 bits per heavy atom. The molecule has 3 heterocycles. The van der Waals surface area contributed by atoms with Gasteiger partial charge in [0.05, 0.1) is 0 Å². The fraction of sp³-hybridized carbons (Fsp3) is 0.522. The molecule has 0 atom stereocenters. The molecule has 2 aliphatic rings. The molecule has 1 aromatic rings. The first-order valence-corrected chi connectivity index (χ1v) is 10.4. The number of allylic oxidation sites excluding steroid dienone is 2. The zero-order chi connectivity index (χ0) is 19.8. The SMILES string of the molecule is C=C/C=C1/OCO/C1=C(/C)CNCc1ccnc(N2CCC(CCC)CC2)c1. The van der Waals surface area contributed by atoms with E-state index in [2.05, 4.69) is 47.8 Å². The second kappa shape index (κ2) is 10.3. The number of piperidine rings is 1. The number of ether oxygens (including phenoxy) is 2. The molecule has 3 rings (SSSR count). The number of nitrogens with one attached hydrogen (secondary N) is 1. The highest BCUT2D eigenvalue weighted by Gasteiger charge is 2.20. The Balaban J connectivity index is 1.53. The molecule has 28 heavy (non-hydrogen) atoms. The summed E-state index contributed by atoms with van der Waals surface area (Å²) in [5.74, 6) is 3.57. The number of aromatic nitrogens is 1. The Morgan fingerprint density at radius 2 is 2.18 bits per heavy atom. The number of hydrogen-bond donors (Lipinski definition) is 1. The summed E-state index contributed by atoms with van der Waals surface area (Å²) in [5.41, 5.74) is 2.38. The van der Waals surface area contributed by atoms with Crippen molar-refractivity contribution in [3.8, 4) is 0 Å². The van der Waals surface area contributed by atoms with E-state index in [4.69, 9.17) is 9.47 Å². The Labute approximate surface area is 169 Å². The van der Waals surface area contributed by atoms with Crippen LogP contribution in [-0.2, 0) is 16.0 Å². The van der Waals surface area contributed by atoms with Crippen molar-refractivity contribution in [2.45, 2.75) is 46.1 Å². The number of hydrogen-bond acceptors (Lipinski definition) is 5. The van der Waals surface area contributed by atoms with Gasteiger partial charge in [0, 0.05) is 32.4 Å². The van der Waals surface area contributed by atoms with Gasteiger partial charge in [0.25, 0.3) is 0 Å². The summed E-state index contributed by atoms with van der Waals surface area (Å²) >= 11 is 0. The van der Waals surface area contributed by atoms with Crippen LogP contribution in [0.5, 0.6) is 0 Å². The maximum atomic E-state index is 5.59. The molecule has 0 amide bonds. The highest BCUT2D eigenvalue weighted by Crippen LogP contribution is 2.26. The van der Waals surface area contributed by atoms with Gasteiger partial charge in [-0.05, 0) is 55.0 Å². The third-order valence-corrected chi connectivity index (χ3v) is 5.46. The second-order valence-corrected chi connectivity index (χ2v) is 7.63. The van der Waals surface area contributed by atoms with Crippen molar-refractivity contribution in [1.82, 2.24) is 10.3 Å². The third kappa shape index (κ3) is 5.38. The molecule has 0 spiro atoms. The molecule has 0 aromatic carbocycles. The molecule has 0 bridgehead atoms. The van der Waals surface area contributed by atoms with Crippen LogP contribution in [0.3, 0.4) is 0 Å². The first kappa shape index (κ1) is 20.5. The van der Waals surface area contributed by atoms with Crippen LogP contribution in [0, 0.1) is 5.92 Å². The van der Waals surface area contributed by atoms with Crippen LogP contribution in [0.4, 0.5) is 5.82 Å². The van der Waals surface area contributed by atoms with Crippen molar-refractivity contribution in [2.75, 3.05) is 31.3 Å². The second-order valence-electron chi connectivity index (χ2n) is 7.63. The lowest BCUT2D eigenvalue weighted by atomic mass is 9.92. The molecule has 152 valence electrons. The van der Waals surface area contributed by atoms with E-state index in [0.717, 1.165) is 55.0 Å². The molecule has 2 aliphatic heterocycles. The summed E-state index contributed by atoms with van der Waals surface area (Å²) in [6, 6.07) is 4.30. The Hall–Kier alpha value is -2.27. The first-order chi connectivity index (χ1) is 13.7. The predicted octanol–water partition coefficient (Wildman–Crippen LogP) is 4.54. The van der Waals surface area contributed by atoms with E-state index in [9.17, 15) is 0 Å². The van der Waals surface area contributed by atoms with Crippen molar-refractivity contribution >= 4 is 5.82 Å². The van der Waals surface area contributed by atoms with Gasteiger partial charge in [-0.25, -0.2) is 4.98 Å².